The maximum atomic E-state index is 12.1. The number of aromatic amines is 1. The first-order valence-corrected chi connectivity index (χ1v) is 6.82. The van der Waals surface area contributed by atoms with E-state index in [1.54, 1.807) is 7.11 Å². The number of aromatic nitrogens is 2. The van der Waals surface area contributed by atoms with Gasteiger partial charge in [-0.15, -0.1) is 0 Å². The van der Waals surface area contributed by atoms with Crippen LogP contribution in [0.3, 0.4) is 0 Å². The molecular weight excluding hydrogens is 268 g/mol. The summed E-state index contributed by atoms with van der Waals surface area (Å²) in [6.45, 7) is 3.55. The van der Waals surface area contributed by atoms with Crippen LogP contribution in [-0.2, 0) is 11.2 Å². The van der Waals surface area contributed by atoms with Crippen LogP contribution in [0.2, 0.25) is 5.15 Å². The number of carbonyl (C=O) groups is 1. The number of nitrogens with one attached hydrogen (secondary N) is 3. The summed E-state index contributed by atoms with van der Waals surface area (Å²) in [5, 5.41) is 6.54. The molecule has 1 fully saturated rings. The Morgan fingerprint density at radius 1 is 1.63 bits per heavy atom. The number of rotatable bonds is 4. The second-order valence-corrected chi connectivity index (χ2v) is 4.91. The number of halogens is 1. The highest BCUT2D eigenvalue weighted by atomic mass is 35.5. The van der Waals surface area contributed by atoms with E-state index in [9.17, 15) is 4.79 Å². The van der Waals surface area contributed by atoms with E-state index in [-0.39, 0.29) is 23.9 Å². The fraction of sp³-hybridized carbons (Fsp3) is 0.667. The van der Waals surface area contributed by atoms with Gasteiger partial charge in [0.05, 0.1) is 17.8 Å². The van der Waals surface area contributed by atoms with Crippen LogP contribution in [-0.4, -0.2) is 48.2 Å². The average Bonchev–Trinajstić information content (AvgIpc) is 2.80. The highest BCUT2D eigenvalue weighted by Gasteiger charge is 2.27. The highest BCUT2D eigenvalue weighted by molar-refractivity contribution is 6.30. The second-order valence-electron chi connectivity index (χ2n) is 4.56. The molecule has 1 aliphatic rings. The van der Waals surface area contributed by atoms with Gasteiger partial charge in [-0.05, 0) is 19.4 Å². The van der Waals surface area contributed by atoms with Crippen molar-refractivity contribution in [2.24, 2.45) is 0 Å². The van der Waals surface area contributed by atoms with Crippen molar-refractivity contribution in [1.29, 1.82) is 0 Å². The van der Waals surface area contributed by atoms with Gasteiger partial charge in [-0.1, -0.05) is 18.5 Å². The predicted molar refractivity (Wildman–Crippen MR) is 72.5 cm³/mol. The average molecular weight is 287 g/mol. The topological polar surface area (TPSA) is 79.0 Å². The fourth-order valence-corrected chi connectivity index (χ4v) is 2.47. The molecule has 3 N–H and O–H groups in total. The van der Waals surface area contributed by atoms with E-state index < -0.39 is 0 Å². The van der Waals surface area contributed by atoms with Crippen LogP contribution in [0.4, 0.5) is 0 Å². The van der Waals surface area contributed by atoms with Crippen molar-refractivity contribution in [1.82, 2.24) is 20.6 Å². The Labute approximate surface area is 117 Å². The van der Waals surface area contributed by atoms with Crippen molar-refractivity contribution < 1.29 is 9.53 Å². The lowest BCUT2D eigenvalue weighted by molar-refractivity contribution is 0.0473. The van der Waals surface area contributed by atoms with Gasteiger partial charge in [-0.25, -0.2) is 4.98 Å². The van der Waals surface area contributed by atoms with E-state index in [0.717, 1.165) is 25.2 Å². The van der Waals surface area contributed by atoms with Crippen molar-refractivity contribution in [3.05, 3.63) is 16.7 Å². The van der Waals surface area contributed by atoms with Gasteiger partial charge in [0.15, 0.2) is 11.0 Å². The van der Waals surface area contributed by atoms with Crippen molar-refractivity contribution in [2.75, 3.05) is 20.2 Å². The Kier molecular flexibility index (Phi) is 4.79. The minimum absolute atomic E-state index is 0.00676. The largest absolute Gasteiger partial charge is 0.378 e. The number of hydrogen-bond donors (Lipinski definition) is 3. The Morgan fingerprint density at radius 3 is 3.05 bits per heavy atom. The molecule has 0 radical (unpaired) electrons. The van der Waals surface area contributed by atoms with Crippen LogP contribution in [0.25, 0.3) is 0 Å². The summed E-state index contributed by atoms with van der Waals surface area (Å²) in [6.07, 6.45) is 1.53. The van der Waals surface area contributed by atoms with Crippen molar-refractivity contribution in [3.8, 4) is 0 Å². The van der Waals surface area contributed by atoms with Crippen LogP contribution in [0.1, 0.15) is 29.7 Å². The molecule has 7 heteroatoms. The van der Waals surface area contributed by atoms with Crippen molar-refractivity contribution >= 4 is 17.5 Å². The van der Waals surface area contributed by atoms with Gasteiger partial charge < -0.3 is 20.4 Å². The highest BCUT2D eigenvalue weighted by Crippen LogP contribution is 2.14. The maximum absolute atomic E-state index is 12.1. The number of amides is 1. The van der Waals surface area contributed by atoms with Crippen LogP contribution < -0.4 is 10.6 Å². The van der Waals surface area contributed by atoms with Crippen LogP contribution >= 0.6 is 11.6 Å². The van der Waals surface area contributed by atoms with Crippen molar-refractivity contribution in [2.45, 2.75) is 31.9 Å². The number of aryl methyl sites for hydroxylation is 1. The number of carbonyl (C=O) groups excluding carboxylic acids is 1. The number of nitrogens with zero attached hydrogens (tertiary/aromatic N) is 1. The molecule has 1 amide bonds. The van der Waals surface area contributed by atoms with E-state index in [1.807, 2.05) is 6.92 Å². The molecule has 0 unspecified atom stereocenters. The van der Waals surface area contributed by atoms with Gasteiger partial charge >= 0.3 is 0 Å². The van der Waals surface area contributed by atoms with E-state index in [0.29, 0.717) is 11.6 Å². The molecule has 106 valence electrons. The van der Waals surface area contributed by atoms with Gasteiger partial charge in [0.2, 0.25) is 0 Å². The first kappa shape index (κ1) is 14.3. The number of methoxy groups -OCH3 is 1. The molecule has 1 aromatic rings. The summed E-state index contributed by atoms with van der Waals surface area (Å²) in [5.41, 5.74) is 0.778. The van der Waals surface area contributed by atoms with Gasteiger partial charge in [-0.2, -0.15) is 0 Å². The molecule has 6 nitrogen and oxygen atoms in total. The monoisotopic (exact) mass is 286 g/mol. The van der Waals surface area contributed by atoms with Gasteiger partial charge in [0.1, 0.15) is 0 Å². The van der Waals surface area contributed by atoms with Gasteiger partial charge in [0, 0.05) is 13.7 Å². The molecule has 1 aliphatic heterocycles. The molecule has 2 rings (SSSR count). The predicted octanol–water partition coefficient (Wildman–Crippen LogP) is 0.732. The number of piperidine rings is 1. The third-order valence-corrected chi connectivity index (χ3v) is 3.66. The summed E-state index contributed by atoms with van der Waals surface area (Å²) < 4.78 is 5.36. The third-order valence-electron chi connectivity index (χ3n) is 3.34. The number of imidazole rings is 1. The smallest absolute Gasteiger partial charge is 0.287 e. The lowest BCUT2D eigenvalue weighted by Crippen LogP contribution is -2.53. The van der Waals surface area contributed by atoms with Crippen molar-refractivity contribution in [3.63, 3.8) is 0 Å². The van der Waals surface area contributed by atoms with E-state index >= 15 is 0 Å². The number of ether oxygens (including phenoxy) is 1. The van der Waals surface area contributed by atoms with E-state index in [1.165, 1.54) is 0 Å². The minimum Gasteiger partial charge on any atom is -0.378 e. The molecule has 0 aliphatic carbocycles. The zero-order chi connectivity index (χ0) is 13.8. The van der Waals surface area contributed by atoms with Crippen LogP contribution in [0, 0.1) is 0 Å². The molecule has 0 aromatic carbocycles. The third kappa shape index (κ3) is 3.26. The molecule has 0 spiro atoms. The molecule has 1 aromatic heterocycles. The fourth-order valence-electron chi connectivity index (χ4n) is 2.21. The second kappa shape index (κ2) is 6.36. The van der Waals surface area contributed by atoms with Gasteiger partial charge in [-0.3, -0.25) is 4.79 Å². The van der Waals surface area contributed by atoms with E-state index in [4.69, 9.17) is 16.3 Å². The summed E-state index contributed by atoms with van der Waals surface area (Å²) in [7, 11) is 1.65. The number of hydrogen-bond acceptors (Lipinski definition) is 4. The molecule has 1 saturated heterocycles. The Balaban J connectivity index is 2.03. The normalized spacial score (nSPS) is 23.3. The lowest BCUT2D eigenvalue weighted by atomic mass is 10.0. The minimum atomic E-state index is -0.240. The zero-order valence-electron chi connectivity index (χ0n) is 11.1. The molecule has 2 atom stereocenters. The van der Waals surface area contributed by atoms with Gasteiger partial charge in [0.25, 0.3) is 5.91 Å². The molecule has 0 saturated carbocycles. The summed E-state index contributed by atoms with van der Waals surface area (Å²) in [5.74, 6) is 0.0192. The molecule has 2 heterocycles. The summed E-state index contributed by atoms with van der Waals surface area (Å²) in [6, 6.07) is -0.00676. The molecule has 0 bridgehead atoms. The quantitative estimate of drug-likeness (QED) is 0.762. The number of H-pyrrole nitrogens is 1. The summed E-state index contributed by atoms with van der Waals surface area (Å²) >= 11 is 5.93. The van der Waals surface area contributed by atoms with Crippen LogP contribution in [0.15, 0.2) is 0 Å². The first-order chi connectivity index (χ1) is 9.15. The first-order valence-electron chi connectivity index (χ1n) is 6.44. The zero-order valence-corrected chi connectivity index (χ0v) is 11.9. The van der Waals surface area contributed by atoms with E-state index in [2.05, 4.69) is 20.6 Å². The van der Waals surface area contributed by atoms with Crippen LogP contribution in [0.5, 0.6) is 0 Å². The standard InChI is InChI=1S/C12H19ClN4O2/c1-3-7-10(13)17-11(15-7)12(18)16-8-4-5-14-6-9(8)19-2/h8-9,14H,3-6H2,1-2H3,(H,15,17)(H,16,18)/t8-,9+/m0/s1. The Morgan fingerprint density at radius 2 is 2.42 bits per heavy atom. The molecule has 19 heavy (non-hydrogen) atoms. The Hall–Kier alpha value is -1.11. The summed E-state index contributed by atoms with van der Waals surface area (Å²) in [4.78, 5) is 19.1. The SMILES string of the molecule is CCc1[nH]c(C(=O)N[C@H]2CCNC[C@H]2OC)nc1Cl. The molecular formula is C12H19ClN4O2. The maximum Gasteiger partial charge on any atom is 0.287 e. The Bertz CT molecular complexity index is 449. The lowest BCUT2D eigenvalue weighted by Gasteiger charge is -2.31.